The van der Waals surface area contributed by atoms with Gasteiger partial charge in [0.2, 0.25) is 0 Å². The SMILES string of the molecule is O=C(c1cc2ccccc2s1)N1CCC(C(O)CO)CC1. The van der Waals surface area contributed by atoms with E-state index in [0.717, 1.165) is 27.8 Å². The van der Waals surface area contributed by atoms with E-state index in [4.69, 9.17) is 5.11 Å². The fraction of sp³-hybridized carbons (Fsp3) is 0.438. The molecule has 1 saturated heterocycles. The molecule has 1 aromatic carbocycles. The van der Waals surface area contributed by atoms with Gasteiger partial charge in [0.1, 0.15) is 0 Å². The summed E-state index contributed by atoms with van der Waals surface area (Å²) < 4.78 is 1.13. The Labute approximate surface area is 127 Å². The summed E-state index contributed by atoms with van der Waals surface area (Å²) in [5.74, 6) is 0.176. The van der Waals surface area contributed by atoms with Crippen LogP contribution in [-0.2, 0) is 0 Å². The van der Waals surface area contributed by atoms with Crippen molar-refractivity contribution >= 4 is 27.3 Å². The highest BCUT2D eigenvalue weighted by molar-refractivity contribution is 7.20. The molecule has 5 heteroatoms. The zero-order chi connectivity index (χ0) is 14.8. The van der Waals surface area contributed by atoms with Crippen LogP contribution in [0.2, 0.25) is 0 Å². The first-order valence-electron chi connectivity index (χ1n) is 7.26. The third kappa shape index (κ3) is 2.95. The lowest BCUT2D eigenvalue weighted by Gasteiger charge is -2.33. The smallest absolute Gasteiger partial charge is 0.263 e. The molecule has 2 heterocycles. The van der Waals surface area contributed by atoms with E-state index in [-0.39, 0.29) is 18.4 Å². The van der Waals surface area contributed by atoms with E-state index >= 15 is 0 Å². The lowest BCUT2D eigenvalue weighted by atomic mass is 9.91. The number of aliphatic hydroxyl groups is 2. The summed E-state index contributed by atoms with van der Waals surface area (Å²) in [7, 11) is 0. The third-order valence-corrected chi connectivity index (χ3v) is 5.30. The molecule has 1 aromatic heterocycles. The zero-order valence-corrected chi connectivity index (χ0v) is 12.6. The molecule has 3 rings (SSSR count). The number of carbonyl (C=O) groups is 1. The topological polar surface area (TPSA) is 60.8 Å². The largest absolute Gasteiger partial charge is 0.394 e. The lowest BCUT2D eigenvalue weighted by molar-refractivity contribution is 0.0180. The molecule has 1 atom stereocenters. The van der Waals surface area contributed by atoms with Crippen LogP contribution < -0.4 is 0 Å². The molecular weight excluding hydrogens is 286 g/mol. The van der Waals surface area contributed by atoms with Crippen molar-refractivity contribution in [2.75, 3.05) is 19.7 Å². The van der Waals surface area contributed by atoms with Crippen LogP contribution >= 0.6 is 11.3 Å². The van der Waals surface area contributed by atoms with E-state index in [2.05, 4.69) is 0 Å². The Balaban J connectivity index is 1.69. The van der Waals surface area contributed by atoms with Gasteiger partial charge in [-0.3, -0.25) is 4.79 Å². The Morgan fingerprint density at radius 3 is 2.71 bits per heavy atom. The summed E-state index contributed by atoms with van der Waals surface area (Å²) >= 11 is 1.53. The van der Waals surface area contributed by atoms with Crippen LogP contribution in [-0.4, -0.2) is 46.8 Å². The monoisotopic (exact) mass is 305 g/mol. The summed E-state index contributed by atoms with van der Waals surface area (Å²) in [6.07, 6.45) is 0.836. The summed E-state index contributed by atoms with van der Waals surface area (Å²) in [5, 5.41) is 19.8. The van der Waals surface area contributed by atoms with Crippen molar-refractivity contribution in [1.29, 1.82) is 0 Å². The van der Waals surface area contributed by atoms with Gasteiger partial charge in [0.25, 0.3) is 5.91 Å². The molecule has 0 bridgehead atoms. The zero-order valence-electron chi connectivity index (χ0n) is 11.7. The molecule has 1 amide bonds. The predicted molar refractivity (Wildman–Crippen MR) is 83.5 cm³/mol. The highest BCUT2D eigenvalue weighted by Gasteiger charge is 2.28. The van der Waals surface area contributed by atoms with Crippen molar-refractivity contribution in [3.63, 3.8) is 0 Å². The molecule has 2 N–H and O–H groups in total. The third-order valence-electron chi connectivity index (χ3n) is 4.19. The second-order valence-electron chi connectivity index (χ2n) is 5.53. The number of benzene rings is 1. The van der Waals surface area contributed by atoms with E-state index in [1.165, 1.54) is 11.3 Å². The van der Waals surface area contributed by atoms with Crippen molar-refractivity contribution < 1.29 is 15.0 Å². The van der Waals surface area contributed by atoms with Gasteiger partial charge in [0, 0.05) is 17.8 Å². The number of hydrogen-bond donors (Lipinski definition) is 2. The Morgan fingerprint density at radius 2 is 2.05 bits per heavy atom. The van der Waals surface area contributed by atoms with Gasteiger partial charge >= 0.3 is 0 Å². The maximum Gasteiger partial charge on any atom is 0.263 e. The van der Waals surface area contributed by atoms with Crippen molar-refractivity contribution in [2.45, 2.75) is 18.9 Å². The van der Waals surface area contributed by atoms with E-state index < -0.39 is 6.10 Å². The number of hydrogen-bond acceptors (Lipinski definition) is 4. The van der Waals surface area contributed by atoms with E-state index in [1.54, 1.807) is 0 Å². The number of likely N-dealkylation sites (tertiary alicyclic amines) is 1. The molecule has 0 spiro atoms. The van der Waals surface area contributed by atoms with Gasteiger partial charge < -0.3 is 15.1 Å². The highest BCUT2D eigenvalue weighted by Crippen LogP contribution is 2.28. The van der Waals surface area contributed by atoms with E-state index in [0.29, 0.717) is 13.1 Å². The quantitative estimate of drug-likeness (QED) is 0.913. The molecule has 112 valence electrons. The number of piperidine rings is 1. The second kappa shape index (κ2) is 6.13. The van der Waals surface area contributed by atoms with E-state index in [9.17, 15) is 9.90 Å². The number of aliphatic hydroxyl groups excluding tert-OH is 2. The minimum atomic E-state index is -0.661. The normalized spacial score (nSPS) is 18.1. The van der Waals surface area contributed by atoms with Crippen molar-refractivity contribution in [1.82, 2.24) is 4.90 Å². The van der Waals surface area contributed by atoms with Crippen molar-refractivity contribution in [3.05, 3.63) is 35.2 Å². The van der Waals surface area contributed by atoms with Crippen LogP contribution in [0.3, 0.4) is 0 Å². The molecule has 1 unspecified atom stereocenters. The van der Waals surface area contributed by atoms with Crippen molar-refractivity contribution in [2.24, 2.45) is 5.92 Å². The van der Waals surface area contributed by atoms with Crippen LogP contribution in [0.15, 0.2) is 30.3 Å². The summed E-state index contributed by atoms with van der Waals surface area (Å²) in [4.78, 5) is 15.2. The number of fused-ring (bicyclic) bond motifs is 1. The molecular formula is C16H19NO3S. The lowest BCUT2D eigenvalue weighted by Crippen LogP contribution is -2.41. The Morgan fingerprint density at radius 1 is 1.33 bits per heavy atom. The molecule has 21 heavy (non-hydrogen) atoms. The second-order valence-corrected chi connectivity index (χ2v) is 6.61. The molecule has 0 saturated carbocycles. The maximum atomic E-state index is 12.5. The van der Waals surface area contributed by atoms with Gasteiger partial charge in [-0.05, 0) is 36.3 Å². The van der Waals surface area contributed by atoms with Crippen LogP contribution in [0.1, 0.15) is 22.5 Å². The fourth-order valence-electron chi connectivity index (χ4n) is 2.88. The van der Waals surface area contributed by atoms with Crippen LogP contribution in [0.4, 0.5) is 0 Å². The van der Waals surface area contributed by atoms with Gasteiger partial charge in [-0.15, -0.1) is 11.3 Å². The number of nitrogens with zero attached hydrogens (tertiary/aromatic N) is 1. The molecule has 1 fully saturated rings. The number of rotatable bonds is 3. The average Bonchev–Trinajstić information content (AvgIpc) is 2.97. The van der Waals surface area contributed by atoms with Gasteiger partial charge in [0.15, 0.2) is 0 Å². The fourth-order valence-corrected chi connectivity index (χ4v) is 3.91. The molecule has 4 nitrogen and oxygen atoms in total. The highest BCUT2D eigenvalue weighted by atomic mass is 32.1. The maximum absolute atomic E-state index is 12.5. The number of carbonyl (C=O) groups excluding carboxylic acids is 1. The minimum absolute atomic E-state index is 0.0770. The predicted octanol–water partition coefficient (Wildman–Crippen LogP) is 2.11. The van der Waals surface area contributed by atoms with Gasteiger partial charge in [-0.25, -0.2) is 0 Å². The first kappa shape index (κ1) is 14.5. The molecule has 2 aromatic rings. The summed E-state index contributed by atoms with van der Waals surface area (Å²) in [6, 6.07) is 9.96. The van der Waals surface area contributed by atoms with Crippen molar-refractivity contribution in [3.8, 4) is 0 Å². The first-order chi connectivity index (χ1) is 10.2. The Kier molecular flexibility index (Phi) is 4.24. The molecule has 1 aliphatic rings. The standard InChI is InChI=1S/C16H19NO3S/c18-10-13(19)11-5-7-17(8-6-11)16(20)15-9-12-3-1-2-4-14(12)21-15/h1-4,9,11,13,18-19H,5-8,10H2. The van der Waals surface area contributed by atoms with E-state index in [1.807, 2.05) is 35.2 Å². The van der Waals surface area contributed by atoms with Crippen LogP contribution in [0, 0.1) is 5.92 Å². The Hall–Kier alpha value is -1.43. The molecule has 1 aliphatic heterocycles. The molecule has 0 radical (unpaired) electrons. The summed E-state index contributed by atoms with van der Waals surface area (Å²) in [5.41, 5.74) is 0. The number of thiophene rings is 1. The Bertz CT molecular complexity index is 598. The minimum Gasteiger partial charge on any atom is -0.394 e. The van der Waals surface area contributed by atoms with Crippen LogP contribution in [0.25, 0.3) is 10.1 Å². The van der Waals surface area contributed by atoms with Gasteiger partial charge in [-0.2, -0.15) is 0 Å². The molecule has 0 aliphatic carbocycles. The van der Waals surface area contributed by atoms with Crippen LogP contribution in [0.5, 0.6) is 0 Å². The first-order valence-corrected chi connectivity index (χ1v) is 8.07. The van der Waals surface area contributed by atoms with Gasteiger partial charge in [-0.1, -0.05) is 18.2 Å². The average molecular weight is 305 g/mol. The summed E-state index contributed by atoms with van der Waals surface area (Å²) in [6.45, 7) is 1.10. The number of amides is 1. The van der Waals surface area contributed by atoms with Gasteiger partial charge in [0.05, 0.1) is 17.6 Å².